The van der Waals surface area contributed by atoms with Crippen molar-refractivity contribution in [1.29, 1.82) is 0 Å². The molecule has 0 spiro atoms. The lowest BCUT2D eigenvalue weighted by Crippen LogP contribution is -2.29. The van der Waals surface area contributed by atoms with Crippen molar-refractivity contribution in [3.8, 4) is 0 Å². The van der Waals surface area contributed by atoms with Gasteiger partial charge in [0.2, 0.25) is 5.82 Å². The quantitative estimate of drug-likeness (QED) is 0.659. The Kier molecular flexibility index (Phi) is 5.05. The van der Waals surface area contributed by atoms with Crippen molar-refractivity contribution >= 4 is 23.6 Å². The van der Waals surface area contributed by atoms with Crippen molar-refractivity contribution in [1.82, 2.24) is 4.98 Å². The summed E-state index contributed by atoms with van der Waals surface area (Å²) in [6.07, 6.45) is -0.892. The van der Waals surface area contributed by atoms with Crippen molar-refractivity contribution in [3.05, 3.63) is 63.8 Å². The molecule has 0 aliphatic rings. The molecule has 0 unspecified atom stereocenters. The summed E-state index contributed by atoms with van der Waals surface area (Å²) in [5.41, 5.74) is -0.182. The van der Waals surface area contributed by atoms with Crippen LogP contribution in [0.4, 0.5) is 16.3 Å². The fraction of sp³-hybridized carbons (Fsp3) is 0.133. The van der Waals surface area contributed by atoms with Gasteiger partial charge in [0.1, 0.15) is 6.61 Å². The van der Waals surface area contributed by atoms with E-state index in [1.54, 1.807) is 24.3 Å². The number of carboxylic acid groups (broad SMARTS) is 1. The molecular formula is C15H13N3O6. The molecule has 1 aromatic heterocycles. The minimum absolute atomic E-state index is 0.0313. The number of aromatic nitrogens is 1. The number of nitro groups is 1. The summed E-state index contributed by atoms with van der Waals surface area (Å²) < 4.78 is 5.06. The van der Waals surface area contributed by atoms with Gasteiger partial charge in [0, 0.05) is 13.1 Å². The van der Waals surface area contributed by atoms with Gasteiger partial charge >= 0.3 is 17.7 Å². The predicted molar refractivity (Wildman–Crippen MR) is 82.9 cm³/mol. The lowest BCUT2D eigenvalue weighted by molar-refractivity contribution is -0.384. The van der Waals surface area contributed by atoms with Gasteiger partial charge < -0.3 is 9.84 Å². The summed E-state index contributed by atoms with van der Waals surface area (Å²) in [6.45, 7) is -0.0313. The van der Waals surface area contributed by atoms with Crippen LogP contribution in [0.25, 0.3) is 0 Å². The highest BCUT2D eigenvalue weighted by Gasteiger charge is 2.26. The summed E-state index contributed by atoms with van der Waals surface area (Å²) >= 11 is 0. The molecule has 0 saturated carbocycles. The fourth-order valence-corrected chi connectivity index (χ4v) is 1.85. The van der Waals surface area contributed by atoms with E-state index in [1.165, 1.54) is 7.05 Å². The number of amides is 1. The molecule has 124 valence electrons. The summed E-state index contributed by atoms with van der Waals surface area (Å²) in [5, 5.41) is 20.0. The summed E-state index contributed by atoms with van der Waals surface area (Å²) in [7, 11) is 1.22. The Balaban J connectivity index is 2.22. The van der Waals surface area contributed by atoms with Crippen LogP contribution in [0.1, 0.15) is 16.1 Å². The zero-order valence-electron chi connectivity index (χ0n) is 12.6. The van der Waals surface area contributed by atoms with E-state index in [9.17, 15) is 19.7 Å². The van der Waals surface area contributed by atoms with Gasteiger partial charge in [-0.1, -0.05) is 30.3 Å². The van der Waals surface area contributed by atoms with Crippen LogP contribution in [0.15, 0.2) is 42.5 Å². The maximum absolute atomic E-state index is 12.1. The van der Waals surface area contributed by atoms with Gasteiger partial charge in [-0.2, -0.15) is 0 Å². The van der Waals surface area contributed by atoms with Crippen molar-refractivity contribution in [2.45, 2.75) is 6.61 Å². The third-order valence-corrected chi connectivity index (χ3v) is 3.07. The number of ether oxygens (including phenoxy) is 1. The minimum Gasteiger partial charge on any atom is -0.477 e. The monoisotopic (exact) mass is 331 g/mol. The lowest BCUT2D eigenvalue weighted by Gasteiger charge is -2.16. The van der Waals surface area contributed by atoms with Crippen LogP contribution >= 0.6 is 0 Å². The average Bonchev–Trinajstić information content (AvgIpc) is 2.59. The van der Waals surface area contributed by atoms with Crippen LogP contribution in [0, 0.1) is 10.1 Å². The summed E-state index contributed by atoms with van der Waals surface area (Å²) in [4.78, 5) is 37.8. The Bertz CT molecular complexity index is 778. The molecule has 2 rings (SSSR count). The smallest absolute Gasteiger partial charge is 0.415 e. The van der Waals surface area contributed by atoms with Crippen molar-refractivity contribution in [2.75, 3.05) is 11.9 Å². The molecule has 0 radical (unpaired) electrons. The Morgan fingerprint density at radius 1 is 1.25 bits per heavy atom. The third kappa shape index (κ3) is 3.83. The Morgan fingerprint density at radius 3 is 2.50 bits per heavy atom. The molecule has 1 amide bonds. The Morgan fingerprint density at radius 2 is 1.92 bits per heavy atom. The van der Waals surface area contributed by atoms with Crippen LogP contribution < -0.4 is 4.90 Å². The Hall–Kier alpha value is -3.49. The predicted octanol–water partition coefficient (Wildman–Crippen LogP) is 2.46. The van der Waals surface area contributed by atoms with Crippen molar-refractivity contribution < 1.29 is 24.4 Å². The number of carboxylic acids is 1. The number of hydrogen-bond acceptors (Lipinski definition) is 6. The number of nitrogens with zero attached hydrogens (tertiary/aromatic N) is 3. The Labute approximate surface area is 136 Å². The number of carbonyl (C=O) groups excluding carboxylic acids is 1. The molecule has 1 heterocycles. The maximum atomic E-state index is 12.1. The highest BCUT2D eigenvalue weighted by molar-refractivity contribution is 5.91. The van der Waals surface area contributed by atoms with Crippen molar-refractivity contribution in [3.63, 3.8) is 0 Å². The number of hydrogen-bond donors (Lipinski definition) is 1. The largest absolute Gasteiger partial charge is 0.477 e. The number of rotatable bonds is 5. The van der Waals surface area contributed by atoms with Crippen molar-refractivity contribution in [2.24, 2.45) is 0 Å². The first kappa shape index (κ1) is 16.9. The van der Waals surface area contributed by atoms with E-state index < -0.39 is 34.2 Å². The van der Waals surface area contributed by atoms with E-state index in [2.05, 4.69) is 4.98 Å². The highest BCUT2D eigenvalue weighted by atomic mass is 16.6. The average molecular weight is 331 g/mol. The topological polar surface area (TPSA) is 123 Å². The van der Waals surface area contributed by atoms with Gasteiger partial charge in [-0.05, 0) is 11.6 Å². The third-order valence-electron chi connectivity index (χ3n) is 3.07. The van der Waals surface area contributed by atoms with Crippen LogP contribution in [0.3, 0.4) is 0 Å². The summed E-state index contributed by atoms with van der Waals surface area (Å²) in [5.74, 6) is -1.77. The van der Waals surface area contributed by atoms with E-state index in [4.69, 9.17) is 9.84 Å². The number of pyridine rings is 1. The molecule has 0 fully saturated rings. The SMILES string of the molecule is CN(C(=O)OCc1ccccc1)c1nc(C(=O)O)ccc1[N+](=O)[O-]. The molecular weight excluding hydrogens is 318 g/mol. The second-order valence-electron chi connectivity index (χ2n) is 4.70. The molecule has 1 aromatic carbocycles. The second-order valence-corrected chi connectivity index (χ2v) is 4.70. The highest BCUT2D eigenvalue weighted by Crippen LogP contribution is 2.26. The van der Waals surface area contributed by atoms with Crippen LogP contribution in [0.5, 0.6) is 0 Å². The zero-order chi connectivity index (χ0) is 17.7. The number of benzene rings is 1. The van der Waals surface area contributed by atoms with Gasteiger partial charge in [0.25, 0.3) is 0 Å². The van der Waals surface area contributed by atoms with Crippen LogP contribution in [0.2, 0.25) is 0 Å². The molecule has 9 nitrogen and oxygen atoms in total. The first-order chi connectivity index (χ1) is 11.4. The molecule has 2 aromatic rings. The molecule has 0 aliphatic carbocycles. The van der Waals surface area contributed by atoms with E-state index in [0.717, 1.165) is 22.6 Å². The van der Waals surface area contributed by atoms with Gasteiger partial charge in [-0.3, -0.25) is 15.0 Å². The molecule has 0 atom stereocenters. The molecule has 0 aliphatic heterocycles. The maximum Gasteiger partial charge on any atom is 0.415 e. The number of carbonyl (C=O) groups is 2. The standard InChI is InChI=1S/C15H13N3O6/c1-17(15(21)24-9-10-5-3-2-4-6-10)13-12(18(22)23)8-7-11(16-13)14(19)20/h2-8H,9H2,1H3,(H,19,20). The van der Waals surface area contributed by atoms with Gasteiger partial charge in [0.05, 0.1) is 4.92 Å². The molecule has 0 saturated heterocycles. The first-order valence-electron chi connectivity index (χ1n) is 6.73. The van der Waals surface area contributed by atoms with Gasteiger partial charge in [0.15, 0.2) is 5.69 Å². The van der Waals surface area contributed by atoms with Crippen LogP contribution in [-0.2, 0) is 11.3 Å². The molecule has 1 N–H and O–H groups in total. The fourth-order valence-electron chi connectivity index (χ4n) is 1.85. The van der Waals surface area contributed by atoms with E-state index in [0.29, 0.717) is 0 Å². The normalized spacial score (nSPS) is 10.0. The van der Waals surface area contributed by atoms with E-state index in [1.807, 2.05) is 6.07 Å². The molecule has 24 heavy (non-hydrogen) atoms. The molecule has 0 bridgehead atoms. The minimum atomic E-state index is -1.36. The van der Waals surface area contributed by atoms with E-state index in [-0.39, 0.29) is 6.61 Å². The lowest BCUT2D eigenvalue weighted by atomic mass is 10.2. The van der Waals surface area contributed by atoms with Crippen LogP contribution in [-0.4, -0.2) is 34.1 Å². The second kappa shape index (κ2) is 7.18. The van der Waals surface area contributed by atoms with Gasteiger partial charge in [-0.15, -0.1) is 0 Å². The molecule has 9 heteroatoms. The number of anilines is 1. The summed E-state index contributed by atoms with van der Waals surface area (Å²) in [6, 6.07) is 10.8. The zero-order valence-corrected chi connectivity index (χ0v) is 12.6. The van der Waals surface area contributed by atoms with Gasteiger partial charge in [-0.25, -0.2) is 14.6 Å². The first-order valence-corrected chi connectivity index (χ1v) is 6.73. The van der Waals surface area contributed by atoms with E-state index >= 15 is 0 Å². The number of aromatic carboxylic acids is 1.